The van der Waals surface area contributed by atoms with E-state index in [4.69, 9.17) is 0 Å². The molecule has 11 heavy (non-hydrogen) atoms. The highest BCUT2D eigenvalue weighted by Gasteiger charge is 2.44. The van der Waals surface area contributed by atoms with Gasteiger partial charge in [0.25, 0.3) is 0 Å². The zero-order valence-corrected chi connectivity index (χ0v) is 7.36. The Bertz CT molecular complexity index is 131. The van der Waals surface area contributed by atoms with Crippen LogP contribution in [0.2, 0.25) is 0 Å². The lowest BCUT2D eigenvalue weighted by atomic mass is 9.75. The molecule has 1 rings (SSSR count). The third-order valence-electron chi connectivity index (χ3n) is 2.79. The molecular formula is C9H17FO. The van der Waals surface area contributed by atoms with Gasteiger partial charge in [0.2, 0.25) is 0 Å². The molecule has 66 valence electrons. The first-order valence-corrected chi connectivity index (χ1v) is 4.37. The number of hydrogen-bond acceptors (Lipinski definition) is 1. The normalized spacial score (nSPS) is 25.1. The molecule has 0 saturated heterocycles. The topological polar surface area (TPSA) is 20.2 Å². The molecular weight excluding hydrogens is 143 g/mol. The molecule has 0 radical (unpaired) electrons. The van der Waals surface area contributed by atoms with Crippen molar-refractivity contribution in [1.29, 1.82) is 0 Å². The predicted octanol–water partition coefficient (Wildman–Crippen LogP) is 2.43. The highest BCUT2D eigenvalue weighted by Crippen LogP contribution is 2.38. The highest BCUT2D eigenvalue weighted by molar-refractivity contribution is 4.95. The van der Waals surface area contributed by atoms with E-state index in [0.29, 0.717) is 12.8 Å². The summed E-state index contributed by atoms with van der Waals surface area (Å²) in [5.41, 5.74) is -2.49. The summed E-state index contributed by atoms with van der Waals surface area (Å²) in [6.07, 6.45) is 4.30. The largest absolute Gasteiger partial charge is 0.387 e. The van der Waals surface area contributed by atoms with Gasteiger partial charge in [-0.2, -0.15) is 0 Å². The molecule has 0 spiro atoms. The van der Waals surface area contributed by atoms with E-state index in [2.05, 4.69) is 0 Å². The lowest BCUT2D eigenvalue weighted by molar-refractivity contribution is -0.107. The van der Waals surface area contributed by atoms with Gasteiger partial charge in [0.1, 0.15) is 5.67 Å². The van der Waals surface area contributed by atoms with Crippen LogP contribution in [0.25, 0.3) is 0 Å². The summed E-state index contributed by atoms with van der Waals surface area (Å²) in [6.45, 7) is 2.94. The molecule has 0 bridgehead atoms. The van der Waals surface area contributed by atoms with Gasteiger partial charge in [-0.1, -0.05) is 19.3 Å². The Morgan fingerprint density at radius 3 is 1.91 bits per heavy atom. The molecule has 1 saturated carbocycles. The van der Waals surface area contributed by atoms with Crippen LogP contribution in [0, 0.1) is 0 Å². The Hall–Kier alpha value is -0.110. The maximum Gasteiger partial charge on any atom is 0.134 e. The van der Waals surface area contributed by atoms with Gasteiger partial charge in [0.05, 0.1) is 5.60 Å². The standard InChI is InChI=1S/C9H17FO/c1-8(2,10)9(11)6-4-3-5-7-9/h11H,3-7H2,1-2H3. The molecule has 0 unspecified atom stereocenters. The second-order valence-corrected chi connectivity index (χ2v) is 4.06. The van der Waals surface area contributed by atoms with Crippen molar-refractivity contribution in [2.75, 3.05) is 0 Å². The smallest absolute Gasteiger partial charge is 0.134 e. The van der Waals surface area contributed by atoms with E-state index in [1.54, 1.807) is 0 Å². The Morgan fingerprint density at radius 1 is 1.18 bits per heavy atom. The molecule has 1 nitrogen and oxygen atoms in total. The van der Waals surface area contributed by atoms with Crippen molar-refractivity contribution in [2.24, 2.45) is 0 Å². The first-order valence-electron chi connectivity index (χ1n) is 4.37. The van der Waals surface area contributed by atoms with Crippen LogP contribution in [-0.2, 0) is 0 Å². The average molecular weight is 160 g/mol. The zero-order chi connectivity index (χ0) is 8.54. The zero-order valence-electron chi connectivity index (χ0n) is 7.36. The molecule has 1 fully saturated rings. The van der Waals surface area contributed by atoms with Crippen LogP contribution < -0.4 is 0 Å². The van der Waals surface area contributed by atoms with Crippen LogP contribution in [0.3, 0.4) is 0 Å². The van der Waals surface area contributed by atoms with Gasteiger partial charge >= 0.3 is 0 Å². The van der Waals surface area contributed by atoms with Gasteiger partial charge in [-0.3, -0.25) is 0 Å². The SMILES string of the molecule is CC(C)(F)C1(O)CCCCC1. The van der Waals surface area contributed by atoms with Crippen molar-refractivity contribution in [3.63, 3.8) is 0 Å². The summed E-state index contributed by atoms with van der Waals surface area (Å²) in [4.78, 5) is 0. The van der Waals surface area contributed by atoms with Crippen LogP contribution in [0.5, 0.6) is 0 Å². The minimum Gasteiger partial charge on any atom is -0.387 e. The third kappa shape index (κ3) is 1.73. The highest BCUT2D eigenvalue weighted by atomic mass is 19.1. The Morgan fingerprint density at radius 2 is 1.64 bits per heavy atom. The van der Waals surface area contributed by atoms with E-state index in [-0.39, 0.29) is 0 Å². The minimum absolute atomic E-state index is 0.622. The monoisotopic (exact) mass is 160 g/mol. The maximum absolute atomic E-state index is 13.4. The second kappa shape index (κ2) is 2.74. The predicted molar refractivity (Wildman–Crippen MR) is 43.2 cm³/mol. The van der Waals surface area contributed by atoms with Crippen LogP contribution in [-0.4, -0.2) is 16.4 Å². The fourth-order valence-electron chi connectivity index (χ4n) is 1.73. The van der Waals surface area contributed by atoms with Crippen LogP contribution in [0.4, 0.5) is 4.39 Å². The summed E-state index contributed by atoms with van der Waals surface area (Å²) < 4.78 is 13.4. The quantitative estimate of drug-likeness (QED) is 0.624. The first kappa shape index (κ1) is 8.98. The maximum atomic E-state index is 13.4. The number of hydrogen-bond donors (Lipinski definition) is 1. The van der Waals surface area contributed by atoms with Crippen molar-refractivity contribution in [2.45, 2.75) is 57.2 Å². The minimum atomic E-state index is -1.44. The molecule has 0 aromatic carbocycles. The molecule has 0 aliphatic heterocycles. The summed E-state index contributed by atoms with van der Waals surface area (Å²) >= 11 is 0. The van der Waals surface area contributed by atoms with Crippen LogP contribution in [0.1, 0.15) is 46.0 Å². The van der Waals surface area contributed by atoms with Crippen molar-refractivity contribution in [3.8, 4) is 0 Å². The average Bonchev–Trinajstić information content (AvgIpc) is 1.87. The Balaban J connectivity index is 2.64. The lowest BCUT2D eigenvalue weighted by Crippen LogP contribution is -2.48. The van der Waals surface area contributed by atoms with E-state index in [9.17, 15) is 9.50 Å². The molecule has 1 aliphatic rings. The van der Waals surface area contributed by atoms with Crippen LogP contribution >= 0.6 is 0 Å². The van der Waals surface area contributed by atoms with Gasteiger partial charge in [0.15, 0.2) is 0 Å². The summed E-state index contributed by atoms with van der Waals surface area (Å²) in [6, 6.07) is 0. The Labute approximate surface area is 67.6 Å². The van der Waals surface area contributed by atoms with Crippen LogP contribution in [0.15, 0.2) is 0 Å². The van der Waals surface area contributed by atoms with Crippen molar-refractivity contribution < 1.29 is 9.50 Å². The lowest BCUT2D eigenvalue weighted by Gasteiger charge is -2.39. The number of aliphatic hydroxyl groups is 1. The second-order valence-electron chi connectivity index (χ2n) is 4.06. The molecule has 0 atom stereocenters. The van der Waals surface area contributed by atoms with E-state index >= 15 is 0 Å². The van der Waals surface area contributed by atoms with E-state index < -0.39 is 11.3 Å². The fraction of sp³-hybridized carbons (Fsp3) is 1.00. The number of rotatable bonds is 1. The molecule has 2 heteroatoms. The molecule has 0 aromatic rings. The number of halogens is 1. The van der Waals surface area contributed by atoms with E-state index in [0.717, 1.165) is 19.3 Å². The first-order chi connectivity index (χ1) is 4.96. The summed E-state index contributed by atoms with van der Waals surface area (Å²) in [5, 5.41) is 9.83. The van der Waals surface area contributed by atoms with Gasteiger partial charge in [-0.25, -0.2) is 4.39 Å². The van der Waals surface area contributed by atoms with Crippen molar-refractivity contribution in [3.05, 3.63) is 0 Å². The van der Waals surface area contributed by atoms with E-state index in [1.165, 1.54) is 13.8 Å². The van der Waals surface area contributed by atoms with Gasteiger partial charge in [0, 0.05) is 0 Å². The molecule has 0 heterocycles. The van der Waals surface area contributed by atoms with E-state index in [1.807, 2.05) is 0 Å². The molecule has 1 N–H and O–H groups in total. The number of alkyl halides is 1. The summed E-state index contributed by atoms with van der Waals surface area (Å²) in [7, 11) is 0. The van der Waals surface area contributed by atoms with Crippen molar-refractivity contribution >= 4 is 0 Å². The molecule has 0 amide bonds. The van der Waals surface area contributed by atoms with Gasteiger partial charge < -0.3 is 5.11 Å². The molecule has 0 aromatic heterocycles. The third-order valence-corrected chi connectivity index (χ3v) is 2.79. The fourth-order valence-corrected chi connectivity index (χ4v) is 1.73. The van der Waals surface area contributed by atoms with Gasteiger partial charge in [-0.05, 0) is 26.7 Å². The summed E-state index contributed by atoms with van der Waals surface area (Å²) in [5.74, 6) is 0. The molecule has 1 aliphatic carbocycles. The van der Waals surface area contributed by atoms with Crippen molar-refractivity contribution in [1.82, 2.24) is 0 Å². The van der Waals surface area contributed by atoms with Gasteiger partial charge in [-0.15, -0.1) is 0 Å². The Kier molecular flexibility index (Phi) is 2.24.